The maximum atomic E-state index is 6.29. The first-order valence-electron chi connectivity index (χ1n) is 6.43. The van der Waals surface area contributed by atoms with E-state index >= 15 is 0 Å². The maximum Gasteiger partial charge on any atom is 0.156 e. The van der Waals surface area contributed by atoms with Crippen molar-refractivity contribution >= 4 is 28.2 Å². The fraction of sp³-hybridized carbons (Fsp3) is 0.429. The largest absolute Gasteiger partial charge is 0.368 e. The molecule has 2 atom stereocenters. The molecule has 0 aliphatic heterocycles. The van der Waals surface area contributed by atoms with Crippen molar-refractivity contribution in [2.75, 3.05) is 11.9 Å². The van der Waals surface area contributed by atoms with E-state index in [0.29, 0.717) is 11.3 Å². The van der Waals surface area contributed by atoms with Gasteiger partial charge in [0.2, 0.25) is 0 Å². The van der Waals surface area contributed by atoms with Crippen molar-refractivity contribution in [3.05, 3.63) is 30.5 Å². The van der Waals surface area contributed by atoms with Crippen molar-refractivity contribution in [1.29, 1.82) is 0 Å². The van der Waals surface area contributed by atoms with E-state index in [0.717, 1.165) is 29.6 Å². The van der Waals surface area contributed by atoms with Crippen LogP contribution in [0.15, 0.2) is 30.5 Å². The van der Waals surface area contributed by atoms with Gasteiger partial charge in [-0.3, -0.25) is 0 Å². The molecule has 2 aromatic rings. The summed E-state index contributed by atoms with van der Waals surface area (Å²) >= 11 is 6.29. The Morgan fingerprint density at radius 2 is 2.17 bits per heavy atom. The standard InChI is InChI=1S/C14H16ClN3/c15-13-7-3-5-11(13)8-16-14-12-6-2-1-4-10(12)9-17-18-14/h1-2,4,6,9,11,13H,3,5,7-8H2,(H,16,18). The quantitative estimate of drug-likeness (QED) is 0.860. The number of hydrogen-bond acceptors (Lipinski definition) is 3. The number of rotatable bonds is 3. The van der Waals surface area contributed by atoms with Gasteiger partial charge in [-0.25, -0.2) is 0 Å². The lowest BCUT2D eigenvalue weighted by Crippen LogP contribution is -2.19. The SMILES string of the molecule is ClC1CCCC1CNc1nncc2ccccc12. The van der Waals surface area contributed by atoms with Crippen LogP contribution < -0.4 is 5.32 Å². The summed E-state index contributed by atoms with van der Waals surface area (Å²) < 4.78 is 0. The smallest absolute Gasteiger partial charge is 0.156 e. The molecule has 1 N–H and O–H groups in total. The number of hydrogen-bond donors (Lipinski definition) is 1. The molecule has 1 aliphatic carbocycles. The van der Waals surface area contributed by atoms with Crippen LogP contribution in [-0.2, 0) is 0 Å². The second-order valence-corrected chi connectivity index (χ2v) is 5.43. The molecule has 1 saturated carbocycles. The molecular formula is C14H16ClN3. The Bertz CT molecular complexity index is 538. The molecule has 1 aliphatic rings. The molecule has 0 saturated heterocycles. The third kappa shape index (κ3) is 2.27. The van der Waals surface area contributed by atoms with E-state index in [1.54, 1.807) is 6.20 Å². The third-order valence-electron chi connectivity index (χ3n) is 3.67. The van der Waals surface area contributed by atoms with Crippen LogP contribution in [0.25, 0.3) is 10.8 Å². The molecule has 18 heavy (non-hydrogen) atoms. The molecule has 1 aromatic carbocycles. The van der Waals surface area contributed by atoms with Gasteiger partial charge in [-0.2, -0.15) is 5.10 Å². The summed E-state index contributed by atoms with van der Waals surface area (Å²) in [5.41, 5.74) is 0. The molecule has 3 nitrogen and oxygen atoms in total. The van der Waals surface area contributed by atoms with Crippen LogP contribution in [0, 0.1) is 5.92 Å². The normalized spacial score (nSPS) is 23.4. The summed E-state index contributed by atoms with van der Waals surface area (Å²) in [6.45, 7) is 0.886. The Morgan fingerprint density at radius 3 is 3.00 bits per heavy atom. The second kappa shape index (κ2) is 5.11. The zero-order valence-corrected chi connectivity index (χ0v) is 10.9. The van der Waals surface area contributed by atoms with Crippen LogP contribution in [0.3, 0.4) is 0 Å². The molecule has 0 bridgehead atoms. The van der Waals surface area contributed by atoms with E-state index in [4.69, 9.17) is 11.6 Å². The molecule has 0 spiro atoms. The zero-order valence-electron chi connectivity index (χ0n) is 10.1. The minimum atomic E-state index is 0.306. The van der Waals surface area contributed by atoms with Gasteiger partial charge in [0.15, 0.2) is 5.82 Å². The Kier molecular flexibility index (Phi) is 3.33. The summed E-state index contributed by atoms with van der Waals surface area (Å²) in [6, 6.07) is 8.16. The number of nitrogens with one attached hydrogen (secondary N) is 1. The molecular weight excluding hydrogens is 246 g/mol. The van der Waals surface area contributed by atoms with E-state index < -0.39 is 0 Å². The number of fused-ring (bicyclic) bond motifs is 1. The number of anilines is 1. The predicted octanol–water partition coefficient (Wildman–Crippen LogP) is 3.45. The van der Waals surface area contributed by atoms with Crippen molar-refractivity contribution in [3.8, 4) is 0 Å². The highest BCUT2D eigenvalue weighted by molar-refractivity contribution is 6.21. The molecule has 1 aromatic heterocycles. The van der Waals surface area contributed by atoms with Gasteiger partial charge in [0.25, 0.3) is 0 Å². The van der Waals surface area contributed by atoms with Gasteiger partial charge in [0.1, 0.15) is 0 Å². The fourth-order valence-electron chi connectivity index (χ4n) is 2.61. The van der Waals surface area contributed by atoms with Crippen LogP contribution in [0.2, 0.25) is 0 Å². The van der Waals surface area contributed by atoms with Crippen LogP contribution in [0.4, 0.5) is 5.82 Å². The lowest BCUT2D eigenvalue weighted by Gasteiger charge is -2.15. The van der Waals surface area contributed by atoms with Gasteiger partial charge in [0.05, 0.1) is 6.20 Å². The predicted molar refractivity (Wildman–Crippen MR) is 75.0 cm³/mol. The van der Waals surface area contributed by atoms with E-state index in [1.165, 1.54) is 12.8 Å². The highest BCUT2D eigenvalue weighted by atomic mass is 35.5. The molecule has 0 radical (unpaired) electrons. The Labute approximate surface area is 112 Å². The van der Waals surface area contributed by atoms with Crippen LogP contribution in [0.5, 0.6) is 0 Å². The summed E-state index contributed by atoms with van der Waals surface area (Å²) in [6.07, 6.45) is 5.37. The van der Waals surface area contributed by atoms with Crippen molar-refractivity contribution in [2.45, 2.75) is 24.6 Å². The Hall–Kier alpha value is -1.35. The first-order chi connectivity index (χ1) is 8.84. The molecule has 3 rings (SSSR count). The Morgan fingerprint density at radius 1 is 1.28 bits per heavy atom. The summed E-state index contributed by atoms with van der Waals surface area (Å²) in [4.78, 5) is 0. The van der Waals surface area contributed by atoms with Crippen molar-refractivity contribution in [3.63, 3.8) is 0 Å². The second-order valence-electron chi connectivity index (χ2n) is 4.87. The first-order valence-corrected chi connectivity index (χ1v) is 6.86. The average molecular weight is 262 g/mol. The van der Waals surface area contributed by atoms with Gasteiger partial charge in [-0.05, 0) is 18.8 Å². The molecule has 2 unspecified atom stereocenters. The third-order valence-corrected chi connectivity index (χ3v) is 4.24. The van der Waals surface area contributed by atoms with Gasteiger partial charge in [-0.15, -0.1) is 16.7 Å². The molecule has 0 amide bonds. The number of nitrogens with zero attached hydrogens (tertiary/aromatic N) is 2. The van der Waals surface area contributed by atoms with Gasteiger partial charge in [0, 0.05) is 22.7 Å². The first kappa shape index (κ1) is 11.7. The molecule has 4 heteroatoms. The van der Waals surface area contributed by atoms with Gasteiger partial charge >= 0.3 is 0 Å². The van der Waals surface area contributed by atoms with Crippen molar-refractivity contribution in [1.82, 2.24) is 10.2 Å². The molecule has 1 fully saturated rings. The Balaban J connectivity index is 1.78. The number of alkyl halides is 1. The van der Waals surface area contributed by atoms with E-state index in [2.05, 4.69) is 27.6 Å². The van der Waals surface area contributed by atoms with Crippen LogP contribution >= 0.6 is 11.6 Å². The minimum Gasteiger partial charge on any atom is -0.368 e. The number of aromatic nitrogens is 2. The minimum absolute atomic E-state index is 0.306. The highest BCUT2D eigenvalue weighted by Gasteiger charge is 2.25. The molecule has 1 heterocycles. The average Bonchev–Trinajstić information content (AvgIpc) is 2.82. The fourth-order valence-corrected chi connectivity index (χ4v) is 2.98. The van der Waals surface area contributed by atoms with Crippen LogP contribution in [-0.4, -0.2) is 22.1 Å². The lowest BCUT2D eigenvalue weighted by molar-refractivity contribution is 0.585. The number of halogens is 1. The van der Waals surface area contributed by atoms with Crippen LogP contribution in [0.1, 0.15) is 19.3 Å². The lowest BCUT2D eigenvalue weighted by atomic mass is 10.1. The van der Waals surface area contributed by atoms with Gasteiger partial charge < -0.3 is 5.32 Å². The maximum absolute atomic E-state index is 6.29. The summed E-state index contributed by atoms with van der Waals surface area (Å²) in [7, 11) is 0. The van der Waals surface area contributed by atoms with Gasteiger partial charge in [-0.1, -0.05) is 30.7 Å². The topological polar surface area (TPSA) is 37.8 Å². The summed E-state index contributed by atoms with van der Waals surface area (Å²) in [5, 5.41) is 14.2. The zero-order chi connectivity index (χ0) is 12.4. The van der Waals surface area contributed by atoms with E-state index in [1.807, 2.05) is 12.1 Å². The van der Waals surface area contributed by atoms with E-state index in [-0.39, 0.29) is 0 Å². The molecule has 94 valence electrons. The van der Waals surface area contributed by atoms with E-state index in [9.17, 15) is 0 Å². The summed E-state index contributed by atoms with van der Waals surface area (Å²) in [5.74, 6) is 1.41. The highest BCUT2D eigenvalue weighted by Crippen LogP contribution is 2.30. The number of benzene rings is 1. The van der Waals surface area contributed by atoms with Crippen molar-refractivity contribution in [2.24, 2.45) is 5.92 Å². The van der Waals surface area contributed by atoms with Crippen molar-refractivity contribution < 1.29 is 0 Å². The monoisotopic (exact) mass is 261 g/mol.